The van der Waals surface area contributed by atoms with Crippen LogP contribution >= 0.6 is 11.6 Å². The first-order valence-corrected chi connectivity index (χ1v) is 5.56. The molecule has 1 unspecified atom stereocenters. The summed E-state index contributed by atoms with van der Waals surface area (Å²) in [6.45, 7) is 0.662. The highest BCUT2D eigenvalue weighted by Crippen LogP contribution is 2.15. The van der Waals surface area contributed by atoms with Gasteiger partial charge in [-0.2, -0.15) is 0 Å². The maximum atomic E-state index is 11.6. The Labute approximate surface area is 98.9 Å². The Morgan fingerprint density at radius 1 is 1.50 bits per heavy atom. The zero-order valence-corrected chi connectivity index (χ0v) is 9.46. The molecule has 1 aromatic carbocycles. The molecule has 0 radical (unpaired) electrons. The van der Waals surface area contributed by atoms with Gasteiger partial charge in [-0.1, -0.05) is 17.7 Å². The summed E-state index contributed by atoms with van der Waals surface area (Å²) < 4.78 is 5.25. The first kappa shape index (κ1) is 11.2. The Bertz CT molecular complexity index is 378. The molecule has 1 fully saturated rings. The number of hydrazine groups is 1. The fraction of sp³-hybridized carbons (Fsp3) is 0.364. The average Bonchev–Trinajstić information content (AvgIpc) is 2.79. The molecule has 0 spiro atoms. The summed E-state index contributed by atoms with van der Waals surface area (Å²) >= 11 is 5.81. The lowest BCUT2D eigenvalue weighted by Crippen LogP contribution is -2.37. The van der Waals surface area contributed by atoms with Gasteiger partial charge in [0.25, 0.3) is 5.91 Å². The lowest BCUT2D eigenvalue weighted by molar-refractivity contribution is -0.129. The van der Waals surface area contributed by atoms with Crippen LogP contribution in [0.4, 0.5) is 5.69 Å². The molecule has 1 atom stereocenters. The largest absolute Gasteiger partial charge is 0.368 e. The van der Waals surface area contributed by atoms with Crippen molar-refractivity contribution in [2.45, 2.75) is 18.9 Å². The van der Waals surface area contributed by atoms with Gasteiger partial charge in [0.15, 0.2) is 0 Å². The van der Waals surface area contributed by atoms with E-state index in [1.54, 1.807) is 12.1 Å². The number of ether oxygens (including phenoxy) is 1. The summed E-state index contributed by atoms with van der Waals surface area (Å²) in [6.07, 6.45) is 1.39. The van der Waals surface area contributed by atoms with Gasteiger partial charge in [0.2, 0.25) is 0 Å². The van der Waals surface area contributed by atoms with E-state index in [0.717, 1.165) is 18.5 Å². The van der Waals surface area contributed by atoms with Crippen LogP contribution in [-0.2, 0) is 9.53 Å². The third-order valence-electron chi connectivity index (χ3n) is 2.38. The van der Waals surface area contributed by atoms with E-state index in [9.17, 15) is 4.79 Å². The molecule has 1 aliphatic rings. The molecule has 16 heavy (non-hydrogen) atoms. The quantitative estimate of drug-likeness (QED) is 0.795. The number of nitrogens with one attached hydrogen (secondary N) is 2. The minimum absolute atomic E-state index is 0.141. The van der Waals surface area contributed by atoms with Gasteiger partial charge in [-0.05, 0) is 31.0 Å². The smallest absolute Gasteiger partial charge is 0.267 e. The van der Waals surface area contributed by atoms with Crippen molar-refractivity contribution >= 4 is 23.2 Å². The summed E-state index contributed by atoms with van der Waals surface area (Å²) in [4.78, 5) is 11.6. The van der Waals surface area contributed by atoms with Gasteiger partial charge in [0.1, 0.15) is 6.10 Å². The molecule has 0 aliphatic carbocycles. The van der Waals surface area contributed by atoms with Crippen molar-refractivity contribution in [1.29, 1.82) is 0 Å². The maximum Gasteiger partial charge on any atom is 0.267 e. The fourth-order valence-corrected chi connectivity index (χ4v) is 1.76. The average molecular weight is 241 g/mol. The number of benzene rings is 1. The minimum atomic E-state index is -0.327. The standard InChI is InChI=1S/C11H13ClN2O2/c12-8-3-1-4-9(7-8)13-14-11(15)10-5-2-6-16-10/h1,3-4,7,10,13H,2,5-6H2,(H,14,15). The van der Waals surface area contributed by atoms with E-state index in [2.05, 4.69) is 10.9 Å². The van der Waals surface area contributed by atoms with E-state index in [1.165, 1.54) is 0 Å². The van der Waals surface area contributed by atoms with E-state index in [0.29, 0.717) is 11.6 Å². The van der Waals surface area contributed by atoms with Crippen molar-refractivity contribution in [3.63, 3.8) is 0 Å². The Morgan fingerprint density at radius 3 is 3.06 bits per heavy atom. The predicted octanol–water partition coefficient (Wildman–Crippen LogP) is 1.96. The lowest BCUT2D eigenvalue weighted by Gasteiger charge is -2.12. The number of rotatable bonds is 3. The van der Waals surface area contributed by atoms with Gasteiger partial charge in [-0.25, -0.2) is 0 Å². The van der Waals surface area contributed by atoms with Crippen molar-refractivity contribution in [2.75, 3.05) is 12.0 Å². The molecule has 0 saturated carbocycles. The van der Waals surface area contributed by atoms with E-state index in [1.807, 2.05) is 12.1 Å². The summed E-state index contributed by atoms with van der Waals surface area (Å²) in [7, 11) is 0. The number of hydrogen-bond acceptors (Lipinski definition) is 3. The van der Waals surface area contributed by atoms with Gasteiger partial charge >= 0.3 is 0 Å². The Morgan fingerprint density at radius 2 is 2.38 bits per heavy atom. The van der Waals surface area contributed by atoms with Crippen LogP contribution in [0, 0.1) is 0 Å². The highest BCUT2D eigenvalue weighted by molar-refractivity contribution is 6.30. The monoisotopic (exact) mass is 240 g/mol. The summed E-state index contributed by atoms with van der Waals surface area (Å²) in [6, 6.07) is 7.14. The van der Waals surface area contributed by atoms with Crippen molar-refractivity contribution in [2.24, 2.45) is 0 Å². The normalized spacial score (nSPS) is 19.4. The number of amides is 1. The number of carbonyl (C=O) groups is 1. The maximum absolute atomic E-state index is 11.6. The summed E-state index contributed by atoms with van der Waals surface area (Å²) in [5, 5.41) is 0.622. The second-order valence-electron chi connectivity index (χ2n) is 3.63. The van der Waals surface area contributed by atoms with E-state index < -0.39 is 0 Å². The van der Waals surface area contributed by atoms with Gasteiger partial charge in [0, 0.05) is 11.6 Å². The fourth-order valence-electron chi connectivity index (χ4n) is 1.56. The molecular formula is C11H13ClN2O2. The highest BCUT2D eigenvalue weighted by Gasteiger charge is 2.23. The lowest BCUT2D eigenvalue weighted by atomic mass is 10.2. The van der Waals surface area contributed by atoms with E-state index >= 15 is 0 Å². The van der Waals surface area contributed by atoms with Crippen LogP contribution in [0.25, 0.3) is 0 Å². The van der Waals surface area contributed by atoms with Crippen molar-refractivity contribution in [3.05, 3.63) is 29.3 Å². The third kappa shape index (κ3) is 2.87. The molecular weight excluding hydrogens is 228 g/mol. The van der Waals surface area contributed by atoms with E-state index in [-0.39, 0.29) is 12.0 Å². The van der Waals surface area contributed by atoms with Crippen LogP contribution in [-0.4, -0.2) is 18.6 Å². The molecule has 0 bridgehead atoms. The minimum Gasteiger partial charge on any atom is -0.368 e. The first-order chi connectivity index (χ1) is 7.75. The van der Waals surface area contributed by atoms with Crippen LogP contribution in [0.3, 0.4) is 0 Å². The van der Waals surface area contributed by atoms with Crippen molar-refractivity contribution < 1.29 is 9.53 Å². The van der Waals surface area contributed by atoms with Gasteiger partial charge in [-0.3, -0.25) is 15.6 Å². The molecule has 2 N–H and O–H groups in total. The van der Waals surface area contributed by atoms with Crippen LogP contribution < -0.4 is 10.9 Å². The number of hydrogen-bond donors (Lipinski definition) is 2. The van der Waals surface area contributed by atoms with Crippen LogP contribution in [0.2, 0.25) is 5.02 Å². The van der Waals surface area contributed by atoms with Crippen molar-refractivity contribution in [1.82, 2.24) is 5.43 Å². The number of carbonyl (C=O) groups excluding carboxylic acids is 1. The topological polar surface area (TPSA) is 50.4 Å². The second-order valence-corrected chi connectivity index (χ2v) is 4.06. The molecule has 1 saturated heterocycles. The van der Waals surface area contributed by atoms with E-state index in [4.69, 9.17) is 16.3 Å². The molecule has 1 heterocycles. The molecule has 0 aromatic heterocycles. The van der Waals surface area contributed by atoms with Crippen LogP contribution in [0.15, 0.2) is 24.3 Å². The zero-order chi connectivity index (χ0) is 11.4. The predicted molar refractivity (Wildman–Crippen MR) is 62.2 cm³/mol. The number of halogens is 1. The van der Waals surface area contributed by atoms with Crippen molar-refractivity contribution in [3.8, 4) is 0 Å². The summed E-state index contributed by atoms with van der Waals surface area (Å²) in [5.41, 5.74) is 6.14. The highest BCUT2D eigenvalue weighted by atomic mass is 35.5. The Kier molecular flexibility index (Phi) is 3.64. The molecule has 5 heteroatoms. The molecule has 1 amide bonds. The van der Waals surface area contributed by atoms with Gasteiger partial charge < -0.3 is 4.74 Å². The molecule has 4 nitrogen and oxygen atoms in total. The second kappa shape index (κ2) is 5.18. The first-order valence-electron chi connectivity index (χ1n) is 5.19. The molecule has 1 aliphatic heterocycles. The van der Waals surface area contributed by atoms with Crippen LogP contribution in [0.5, 0.6) is 0 Å². The Hall–Kier alpha value is -1.26. The third-order valence-corrected chi connectivity index (χ3v) is 2.61. The Balaban J connectivity index is 1.84. The van der Waals surface area contributed by atoms with Gasteiger partial charge in [0.05, 0.1) is 5.69 Å². The summed E-state index contributed by atoms with van der Waals surface area (Å²) in [5.74, 6) is -0.141. The zero-order valence-electron chi connectivity index (χ0n) is 8.70. The van der Waals surface area contributed by atoms with Crippen LogP contribution in [0.1, 0.15) is 12.8 Å². The molecule has 2 rings (SSSR count). The molecule has 86 valence electrons. The number of anilines is 1. The SMILES string of the molecule is O=C(NNc1cccc(Cl)c1)C1CCCO1. The molecule has 1 aromatic rings. The van der Waals surface area contributed by atoms with Gasteiger partial charge in [-0.15, -0.1) is 0 Å².